The van der Waals surface area contributed by atoms with E-state index >= 15 is 0 Å². The number of carbonyl (C=O) groups excluding carboxylic acids is 1. The van der Waals surface area contributed by atoms with Gasteiger partial charge in [0.1, 0.15) is 0 Å². The number of aromatic nitrogens is 1. The van der Waals surface area contributed by atoms with Crippen LogP contribution >= 0.6 is 0 Å². The summed E-state index contributed by atoms with van der Waals surface area (Å²) in [6.45, 7) is 10.1. The number of nitrogens with zero attached hydrogens (tertiary/aromatic N) is 5. The van der Waals surface area contributed by atoms with Crippen molar-refractivity contribution >= 4 is 28.8 Å². The van der Waals surface area contributed by atoms with Gasteiger partial charge < -0.3 is 15.1 Å². The molecular weight excluding hydrogens is 484 g/mol. The molecule has 0 bridgehead atoms. The fraction of sp³-hybridized carbons (Fsp3) is 0.500. The summed E-state index contributed by atoms with van der Waals surface area (Å²) < 4.78 is 0. The van der Waals surface area contributed by atoms with E-state index in [9.17, 15) is 4.79 Å². The second-order valence-corrected chi connectivity index (χ2v) is 11.8. The number of likely N-dealkylation sites (N-methyl/N-ethyl adjacent to an activating group) is 1. The lowest BCUT2D eigenvalue weighted by Gasteiger charge is -2.32. The number of aryl methyl sites for hydroxylation is 1. The predicted octanol–water partition coefficient (Wildman–Crippen LogP) is 5.26. The largest absolute Gasteiger partial charge is 0.333 e. The van der Waals surface area contributed by atoms with Gasteiger partial charge in [-0.25, -0.2) is 9.98 Å². The molecule has 2 aromatic rings. The first-order valence-electron chi connectivity index (χ1n) is 14.4. The Balaban J connectivity index is 1.33. The molecule has 206 valence electrons. The van der Waals surface area contributed by atoms with Gasteiger partial charge in [0, 0.05) is 55.3 Å². The summed E-state index contributed by atoms with van der Waals surface area (Å²) in [4.78, 5) is 32.1. The first-order valence-corrected chi connectivity index (χ1v) is 14.4. The SMILES string of the molecule is Cc1ccc(N=C2CC(C)C(=Nc3ccc(CCN4CCCN(C)CC4)cc3)CC3(C=CNC(=O)C3)C2)nc1. The average molecular weight is 527 g/mol. The van der Waals surface area contributed by atoms with Crippen molar-refractivity contribution in [2.24, 2.45) is 21.3 Å². The van der Waals surface area contributed by atoms with Gasteiger partial charge in [-0.05, 0) is 94.4 Å². The van der Waals surface area contributed by atoms with Gasteiger partial charge in [-0.2, -0.15) is 0 Å². The molecule has 1 spiro atoms. The van der Waals surface area contributed by atoms with Crippen LogP contribution in [0.25, 0.3) is 0 Å². The average Bonchev–Trinajstić information content (AvgIpc) is 3.19. The summed E-state index contributed by atoms with van der Waals surface area (Å²) >= 11 is 0. The second-order valence-electron chi connectivity index (χ2n) is 11.8. The summed E-state index contributed by atoms with van der Waals surface area (Å²) in [6, 6.07) is 12.8. The summed E-state index contributed by atoms with van der Waals surface area (Å²) in [6.07, 6.45) is 10.9. The van der Waals surface area contributed by atoms with Crippen molar-refractivity contribution in [3.8, 4) is 0 Å². The predicted molar refractivity (Wildman–Crippen MR) is 159 cm³/mol. The van der Waals surface area contributed by atoms with E-state index in [2.05, 4.69) is 64.4 Å². The highest BCUT2D eigenvalue weighted by Gasteiger charge is 2.39. The van der Waals surface area contributed by atoms with Crippen LogP contribution in [0.15, 0.2) is 64.9 Å². The molecule has 1 aromatic carbocycles. The molecule has 0 radical (unpaired) electrons. The topological polar surface area (TPSA) is 73.2 Å². The van der Waals surface area contributed by atoms with Crippen LogP contribution in [0.5, 0.6) is 0 Å². The highest BCUT2D eigenvalue weighted by molar-refractivity contribution is 5.99. The molecule has 7 nitrogen and oxygen atoms in total. The summed E-state index contributed by atoms with van der Waals surface area (Å²) in [5.41, 5.74) is 5.37. The maximum atomic E-state index is 12.5. The molecule has 39 heavy (non-hydrogen) atoms. The van der Waals surface area contributed by atoms with Crippen molar-refractivity contribution in [3.05, 3.63) is 66.0 Å². The van der Waals surface area contributed by atoms with Crippen LogP contribution in [0.4, 0.5) is 11.5 Å². The van der Waals surface area contributed by atoms with Crippen LogP contribution in [0.2, 0.25) is 0 Å². The van der Waals surface area contributed by atoms with E-state index in [1.54, 1.807) is 6.20 Å². The lowest BCUT2D eigenvalue weighted by molar-refractivity contribution is -0.122. The van der Waals surface area contributed by atoms with Gasteiger partial charge in [-0.15, -0.1) is 0 Å². The smallest absolute Gasteiger partial charge is 0.224 e. The van der Waals surface area contributed by atoms with Gasteiger partial charge in [-0.1, -0.05) is 31.2 Å². The Kier molecular flexibility index (Phi) is 8.68. The molecular formula is C32H42N6O. The third-order valence-corrected chi connectivity index (χ3v) is 8.30. The molecule has 2 atom stereocenters. The van der Waals surface area contributed by atoms with Gasteiger partial charge in [-0.3, -0.25) is 9.79 Å². The third kappa shape index (κ3) is 7.49. The standard InChI is InChI=1S/C32H42N6O/c1-24-5-10-30(34-23-24)36-28-19-25(2)29(21-32(20-28)12-13-33-31(39)22-32)35-27-8-6-26(7-9-27)11-16-38-15-4-14-37(3)17-18-38/h5-10,12-13,23,25H,4,11,14-22H2,1-3H3,(H,33,39). The van der Waals surface area contributed by atoms with Crippen LogP contribution in [0.3, 0.4) is 0 Å². The van der Waals surface area contributed by atoms with E-state index in [0.29, 0.717) is 6.42 Å². The van der Waals surface area contributed by atoms with E-state index in [1.165, 1.54) is 25.1 Å². The Hall–Kier alpha value is -3.16. The number of hydrogen-bond acceptors (Lipinski definition) is 6. The number of pyridine rings is 1. The van der Waals surface area contributed by atoms with Crippen molar-refractivity contribution in [1.29, 1.82) is 0 Å². The number of benzene rings is 1. The zero-order chi connectivity index (χ0) is 27.2. The van der Waals surface area contributed by atoms with E-state index in [1.807, 2.05) is 25.3 Å². The summed E-state index contributed by atoms with van der Waals surface area (Å²) in [5.74, 6) is 1.01. The molecule has 7 heteroatoms. The lowest BCUT2D eigenvalue weighted by atomic mass is 9.75. The molecule has 3 aliphatic rings. The fourth-order valence-electron chi connectivity index (χ4n) is 5.97. The van der Waals surface area contributed by atoms with E-state index in [4.69, 9.17) is 9.98 Å². The molecule has 1 N–H and O–H groups in total. The Labute approximate surface area is 233 Å². The Morgan fingerprint density at radius 3 is 2.64 bits per heavy atom. The number of aliphatic imine (C=N–C) groups is 2. The van der Waals surface area contributed by atoms with Crippen LogP contribution < -0.4 is 5.32 Å². The van der Waals surface area contributed by atoms with Crippen LogP contribution in [-0.2, 0) is 11.2 Å². The van der Waals surface area contributed by atoms with Gasteiger partial charge >= 0.3 is 0 Å². The lowest BCUT2D eigenvalue weighted by Crippen LogP contribution is -2.35. The quantitative estimate of drug-likeness (QED) is 0.577. The molecule has 2 fully saturated rings. The molecule has 1 amide bonds. The molecule has 2 unspecified atom stereocenters. The Bertz CT molecular complexity index is 1230. The van der Waals surface area contributed by atoms with Crippen molar-refractivity contribution in [2.45, 2.75) is 52.4 Å². The molecule has 3 heterocycles. The van der Waals surface area contributed by atoms with Gasteiger partial charge in [0.15, 0.2) is 5.82 Å². The van der Waals surface area contributed by atoms with Gasteiger partial charge in [0.25, 0.3) is 0 Å². The van der Waals surface area contributed by atoms with Crippen molar-refractivity contribution < 1.29 is 4.79 Å². The Morgan fingerprint density at radius 1 is 1.03 bits per heavy atom. The molecule has 1 saturated heterocycles. The second kappa shape index (κ2) is 12.3. The molecule has 1 aromatic heterocycles. The van der Waals surface area contributed by atoms with Crippen LogP contribution in [-0.4, -0.2) is 71.9 Å². The molecule has 5 rings (SSSR count). The van der Waals surface area contributed by atoms with E-state index < -0.39 is 0 Å². The molecule has 1 aliphatic carbocycles. The summed E-state index contributed by atoms with van der Waals surface area (Å²) in [7, 11) is 2.22. The van der Waals surface area contributed by atoms with Gasteiger partial charge in [0.05, 0.1) is 5.69 Å². The number of nitrogens with one attached hydrogen (secondary N) is 1. The highest BCUT2D eigenvalue weighted by atomic mass is 16.1. The van der Waals surface area contributed by atoms with Crippen molar-refractivity contribution in [3.63, 3.8) is 0 Å². The fourth-order valence-corrected chi connectivity index (χ4v) is 5.97. The van der Waals surface area contributed by atoms with E-state index in [0.717, 1.165) is 73.8 Å². The van der Waals surface area contributed by atoms with Crippen molar-refractivity contribution in [2.75, 3.05) is 39.8 Å². The zero-order valence-electron chi connectivity index (χ0n) is 23.7. The molecule has 2 aliphatic heterocycles. The minimum Gasteiger partial charge on any atom is -0.333 e. The van der Waals surface area contributed by atoms with Crippen LogP contribution in [0, 0.1) is 18.3 Å². The monoisotopic (exact) mass is 526 g/mol. The number of carbonyl (C=O) groups is 1. The van der Waals surface area contributed by atoms with Gasteiger partial charge in [0.2, 0.25) is 5.91 Å². The highest BCUT2D eigenvalue weighted by Crippen LogP contribution is 2.41. The van der Waals surface area contributed by atoms with E-state index in [-0.39, 0.29) is 17.2 Å². The number of rotatable bonds is 5. The number of amides is 1. The third-order valence-electron chi connectivity index (χ3n) is 8.30. The number of hydrogen-bond donors (Lipinski definition) is 1. The van der Waals surface area contributed by atoms with Crippen LogP contribution in [0.1, 0.15) is 50.2 Å². The Morgan fingerprint density at radius 2 is 1.87 bits per heavy atom. The minimum atomic E-state index is -0.309. The minimum absolute atomic E-state index is 0.0552. The maximum absolute atomic E-state index is 12.5. The first kappa shape index (κ1) is 27.4. The first-order chi connectivity index (χ1) is 18.9. The normalized spacial score (nSPS) is 27.1. The summed E-state index contributed by atoms with van der Waals surface area (Å²) in [5, 5.41) is 2.85. The molecule has 1 saturated carbocycles. The zero-order valence-corrected chi connectivity index (χ0v) is 23.7. The van der Waals surface area contributed by atoms with Crippen molar-refractivity contribution in [1.82, 2.24) is 20.1 Å². The number of allylic oxidation sites excluding steroid dienone is 1. The maximum Gasteiger partial charge on any atom is 0.224 e.